The van der Waals surface area contributed by atoms with Gasteiger partial charge in [0.05, 0.1) is 6.10 Å². The fourth-order valence-corrected chi connectivity index (χ4v) is 2.26. The first kappa shape index (κ1) is 11.7. The lowest BCUT2D eigenvalue weighted by Crippen LogP contribution is -2.35. The highest BCUT2D eigenvalue weighted by molar-refractivity contribution is 6.31. The second-order valence-corrected chi connectivity index (χ2v) is 4.77. The van der Waals surface area contributed by atoms with Gasteiger partial charge in [0.2, 0.25) is 0 Å². The number of rotatable bonds is 2. The molecule has 0 aliphatic carbocycles. The van der Waals surface area contributed by atoms with Crippen LogP contribution >= 0.6 is 11.6 Å². The number of nitrogens with zero attached hydrogens (tertiary/aromatic N) is 1. The number of nitrogens with two attached hydrogens (primary N) is 1. The Morgan fingerprint density at radius 1 is 1.38 bits per heavy atom. The summed E-state index contributed by atoms with van der Waals surface area (Å²) >= 11 is 6.12. The number of aliphatic hydroxyl groups is 1. The van der Waals surface area contributed by atoms with E-state index in [4.69, 9.17) is 17.3 Å². The molecule has 0 atom stereocenters. The molecule has 0 radical (unpaired) electrons. The topological polar surface area (TPSA) is 49.5 Å². The minimum absolute atomic E-state index is 0.127. The molecular formula is C12H17ClN2O. The van der Waals surface area contributed by atoms with Crippen LogP contribution in [-0.2, 0) is 6.54 Å². The summed E-state index contributed by atoms with van der Waals surface area (Å²) in [6.07, 6.45) is 1.58. The lowest BCUT2D eigenvalue weighted by Gasteiger charge is -2.29. The number of likely N-dealkylation sites (tertiary alicyclic amines) is 1. The van der Waals surface area contributed by atoms with Crippen LogP contribution in [0, 0.1) is 0 Å². The van der Waals surface area contributed by atoms with Crippen molar-refractivity contribution < 1.29 is 5.11 Å². The maximum atomic E-state index is 9.41. The van der Waals surface area contributed by atoms with Crippen LogP contribution in [0.4, 0.5) is 5.69 Å². The van der Waals surface area contributed by atoms with E-state index in [1.807, 2.05) is 12.1 Å². The molecule has 4 heteroatoms. The summed E-state index contributed by atoms with van der Waals surface area (Å²) in [7, 11) is 0. The molecule has 3 nitrogen and oxygen atoms in total. The van der Waals surface area contributed by atoms with Gasteiger partial charge in [-0.15, -0.1) is 0 Å². The van der Waals surface area contributed by atoms with E-state index in [-0.39, 0.29) is 6.10 Å². The molecular weight excluding hydrogens is 224 g/mol. The van der Waals surface area contributed by atoms with Crippen molar-refractivity contribution in [3.63, 3.8) is 0 Å². The first-order valence-corrected chi connectivity index (χ1v) is 5.97. The van der Waals surface area contributed by atoms with Crippen LogP contribution < -0.4 is 5.73 Å². The lowest BCUT2D eigenvalue weighted by atomic mass is 10.1. The van der Waals surface area contributed by atoms with Crippen molar-refractivity contribution in [2.75, 3.05) is 18.8 Å². The highest BCUT2D eigenvalue weighted by Gasteiger charge is 2.17. The molecule has 1 fully saturated rings. The molecule has 1 aromatic rings. The zero-order valence-corrected chi connectivity index (χ0v) is 9.95. The van der Waals surface area contributed by atoms with E-state index >= 15 is 0 Å². The van der Waals surface area contributed by atoms with Crippen LogP contribution in [0.1, 0.15) is 18.4 Å². The van der Waals surface area contributed by atoms with Gasteiger partial charge in [-0.05, 0) is 30.5 Å². The van der Waals surface area contributed by atoms with Gasteiger partial charge in [-0.2, -0.15) is 0 Å². The summed E-state index contributed by atoms with van der Waals surface area (Å²) in [5, 5.41) is 10.1. The Morgan fingerprint density at radius 2 is 2.06 bits per heavy atom. The minimum atomic E-state index is -0.127. The van der Waals surface area contributed by atoms with E-state index in [9.17, 15) is 5.11 Å². The van der Waals surface area contributed by atoms with Crippen LogP contribution in [0.2, 0.25) is 5.02 Å². The number of nitrogen functional groups attached to an aromatic ring is 1. The summed E-state index contributed by atoms with van der Waals surface area (Å²) < 4.78 is 0. The SMILES string of the molecule is Nc1ccc(CN2CCC(O)CC2)c(Cl)c1. The average molecular weight is 241 g/mol. The fraction of sp³-hybridized carbons (Fsp3) is 0.500. The maximum Gasteiger partial charge on any atom is 0.0564 e. The number of benzene rings is 1. The van der Waals surface area contributed by atoms with Gasteiger partial charge in [-0.1, -0.05) is 17.7 Å². The quantitative estimate of drug-likeness (QED) is 0.776. The summed E-state index contributed by atoms with van der Waals surface area (Å²) in [5.74, 6) is 0. The van der Waals surface area contributed by atoms with Crippen molar-refractivity contribution >= 4 is 17.3 Å². The van der Waals surface area contributed by atoms with Crippen molar-refractivity contribution in [3.8, 4) is 0 Å². The molecule has 1 heterocycles. The minimum Gasteiger partial charge on any atom is -0.399 e. The molecule has 1 aromatic carbocycles. The smallest absolute Gasteiger partial charge is 0.0564 e. The van der Waals surface area contributed by atoms with E-state index in [2.05, 4.69) is 4.90 Å². The summed E-state index contributed by atoms with van der Waals surface area (Å²) in [4.78, 5) is 2.31. The summed E-state index contributed by atoms with van der Waals surface area (Å²) in [6.45, 7) is 2.70. The van der Waals surface area contributed by atoms with Crippen molar-refractivity contribution in [1.29, 1.82) is 0 Å². The van der Waals surface area contributed by atoms with Crippen molar-refractivity contribution in [2.45, 2.75) is 25.5 Å². The van der Waals surface area contributed by atoms with E-state index < -0.39 is 0 Å². The molecule has 3 N–H and O–H groups in total. The molecule has 0 amide bonds. The van der Waals surface area contributed by atoms with Crippen LogP contribution in [0.3, 0.4) is 0 Å². The summed E-state index contributed by atoms with van der Waals surface area (Å²) in [5.41, 5.74) is 7.45. The third kappa shape index (κ3) is 2.88. The van der Waals surface area contributed by atoms with Gasteiger partial charge in [0, 0.05) is 30.3 Å². The lowest BCUT2D eigenvalue weighted by molar-refractivity contribution is 0.0792. The van der Waals surface area contributed by atoms with Crippen molar-refractivity contribution in [3.05, 3.63) is 28.8 Å². The molecule has 0 saturated carbocycles. The highest BCUT2D eigenvalue weighted by atomic mass is 35.5. The third-order valence-corrected chi connectivity index (χ3v) is 3.38. The van der Waals surface area contributed by atoms with Crippen molar-refractivity contribution in [2.24, 2.45) is 0 Å². The van der Waals surface area contributed by atoms with E-state index in [0.29, 0.717) is 5.69 Å². The molecule has 16 heavy (non-hydrogen) atoms. The molecule has 0 bridgehead atoms. The van der Waals surface area contributed by atoms with Gasteiger partial charge in [0.1, 0.15) is 0 Å². The third-order valence-electron chi connectivity index (χ3n) is 3.03. The molecule has 2 rings (SSSR count). The highest BCUT2D eigenvalue weighted by Crippen LogP contribution is 2.22. The second kappa shape index (κ2) is 5.04. The number of halogens is 1. The molecule has 88 valence electrons. The second-order valence-electron chi connectivity index (χ2n) is 4.36. The number of aliphatic hydroxyl groups excluding tert-OH is 1. The molecule has 1 saturated heterocycles. The normalized spacial score (nSPS) is 18.9. The summed E-state index contributed by atoms with van der Waals surface area (Å²) in [6, 6.07) is 5.64. The van der Waals surface area contributed by atoms with Gasteiger partial charge in [-0.3, -0.25) is 4.90 Å². The van der Waals surface area contributed by atoms with E-state index in [1.165, 1.54) is 0 Å². The van der Waals surface area contributed by atoms with Gasteiger partial charge >= 0.3 is 0 Å². The number of piperidine rings is 1. The standard InChI is InChI=1S/C12H17ClN2O/c13-12-7-10(14)2-1-9(12)8-15-5-3-11(16)4-6-15/h1-2,7,11,16H,3-6,8,14H2. The number of hydrogen-bond acceptors (Lipinski definition) is 3. The van der Waals surface area contributed by atoms with Gasteiger partial charge < -0.3 is 10.8 Å². The van der Waals surface area contributed by atoms with Crippen molar-refractivity contribution in [1.82, 2.24) is 4.90 Å². The number of hydrogen-bond donors (Lipinski definition) is 2. The Bertz CT molecular complexity index is 362. The largest absolute Gasteiger partial charge is 0.399 e. The molecule has 0 spiro atoms. The van der Waals surface area contributed by atoms with Gasteiger partial charge in [0.15, 0.2) is 0 Å². The molecule has 1 aliphatic heterocycles. The Morgan fingerprint density at radius 3 is 2.69 bits per heavy atom. The van der Waals surface area contributed by atoms with Crippen LogP contribution in [0.5, 0.6) is 0 Å². The first-order valence-electron chi connectivity index (χ1n) is 5.59. The molecule has 1 aliphatic rings. The molecule has 0 unspecified atom stereocenters. The predicted octanol–water partition coefficient (Wildman–Crippen LogP) is 1.88. The van der Waals surface area contributed by atoms with Gasteiger partial charge in [-0.25, -0.2) is 0 Å². The zero-order valence-electron chi connectivity index (χ0n) is 9.19. The Labute approximate surface area is 101 Å². The van der Waals surface area contributed by atoms with Crippen LogP contribution in [0.25, 0.3) is 0 Å². The Balaban J connectivity index is 1.98. The van der Waals surface area contributed by atoms with Gasteiger partial charge in [0.25, 0.3) is 0 Å². The van der Waals surface area contributed by atoms with Crippen LogP contribution in [-0.4, -0.2) is 29.2 Å². The molecule has 0 aromatic heterocycles. The Kier molecular flexibility index (Phi) is 3.69. The zero-order chi connectivity index (χ0) is 11.5. The monoisotopic (exact) mass is 240 g/mol. The van der Waals surface area contributed by atoms with Crippen LogP contribution in [0.15, 0.2) is 18.2 Å². The fourth-order valence-electron chi connectivity index (χ4n) is 2.01. The Hall–Kier alpha value is -0.770. The van der Waals surface area contributed by atoms with E-state index in [1.54, 1.807) is 6.07 Å². The van der Waals surface area contributed by atoms with E-state index in [0.717, 1.165) is 43.1 Å². The first-order chi connectivity index (χ1) is 7.65. The number of anilines is 1. The maximum absolute atomic E-state index is 9.41. The average Bonchev–Trinajstić information content (AvgIpc) is 2.25. The predicted molar refractivity (Wildman–Crippen MR) is 66.4 cm³/mol.